The molecule has 0 unspecified atom stereocenters. The first-order valence-corrected chi connectivity index (χ1v) is 8.01. The molecule has 2 amide bonds. The summed E-state index contributed by atoms with van der Waals surface area (Å²) in [6.45, 7) is 0. The number of halogens is 1. The molecule has 0 fully saturated rings. The summed E-state index contributed by atoms with van der Waals surface area (Å²) in [5, 5.41) is 7.27. The van der Waals surface area contributed by atoms with E-state index in [0.29, 0.717) is 16.3 Å². The summed E-state index contributed by atoms with van der Waals surface area (Å²) < 4.78 is 13.2. The third-order valence-corrected chi connectivity index (χ3v) is 4.08. The molecule has 0 saturated heterocycles. The minimum absolute atomic E-state index is 0.210. The van der Waals surface area contributed by atoms with Crippen molar-refractivity contribution < 1.29 is 14.0 Å². The van der Waals surface area contributed by atoms with E-state index in [1.165, 1.54) is 29.5 Å². The van der Waals surface area contributed by atoms with Crippen LogP contribution in [-0.2, 0) is 0 Å². The van der Waals surface area contributed by atoms with Gasteiger partial charge in [-0.05, 0) is 47.8 Å². The molecule has 2 N–H and O–H groups in total. The van der Waals surface area contributed by atoms with Crippen LogP contribution in [0.25, 0.3) is 0 Å². The Kier molecular flexibility index (Phi) is 4.67. The van der Waals surface area contributed by atoms with Gasteiger partial charge in [-0.2, -0.15) is 0 Å². The second kappa shape index (κ2) is 7.06. The summed E-state index contributed by atoms with van der Waals surface area (Å²) >= 11 is 1.35. The van der Waals surface area contributed by atoms with E-state index >= 15 is 0 Å². The third-order valence-electron chi connectivity index (χ3n) is 3.21. The van der Waals surface area contributed by atoms with Gasteiger partial charge < -0.3 is 10.6 Å². The van der Waals surface area contributed by atoms with Crippen molar-refractivity contribution in [2.24, 2.45) is 0 Å². The zero-order chi connectivity index (χ0) is 16.9. The number of carbonyl (C=O) groups is 2. The van der Waals surface area contributed by atoms with Crippen LogP contribution in [0.1, 0.15) is 20.0 Å². The van der Waals surface area contributed by atoms with E-state index in [1.807, 2.05) is 5.38 Å². The lowest BCUT2D eigenvalue weighted by Crippen LogP contribution is -2.13. The van der Waals surface area contributed by atoms with Crippen LogP contribution in [0, 0.1) is 5.82 Å². The summed E-state index contributed by atoms with van der Waals surface area (Å²) in [7, 11) is 0. The van der Waals surface area contributed by atoms with Crippen molar-refractivity contribution in [2.45, 2.75) is 0 Å². The number of rotatable bonds is 4. The summed E-state index contributed by atoms with van der Waals surface area (Å²) in [4.78, 5) is 24.8. The number of hydrogen-bond donors (Lipinski definition) is 2. The average Bonchev–Trinajstić information content (AvgIpc) is 3.10. The lowest BCUT2D eigenvalue weighted by atomic mass is 10.2. The molecule has 0 aliphatic rings. The highest BCUT2D eigenvalue weighted by molar-refractivity contribution is 7.12. The monoisotopic (exact) mass is 340 g/mol. The number of carbonyl (C=O) groups excluding carboxylic acids is 2. The Labute approximate surface area is 142 Å². The van der Waals surface area contributed by atoms with Crippen molar-refractivity contribution in [1.29, 1.82) is 0 Å². The maximum absolute atomic E-state index is 13.2. The molecule has 0 atom stereocenters. The molecule has 0 aliphatic heterocycles. The van der Waals surface area contributed by atoms with Crippen LogP contribution in [0.4, 0.5) is 15.8 Å². The van der Waals surface area contributed by atoms with E-state index in [0.717, 1.165) is 6.07 Å². The smallest absolute Gasteiger partial charge is 0.265 e. The van der Waals surface area contributed by atoms with Gasteiger partial charge in [0.1, 0.15) is 5.82 Å². The lowest BCUT2D eigenvalue weighted by molar-refractivity contribution is 0.102. The average molecular weight is 340 g/mol. The molecule has 24 heavy (non-hydrogen) atoms. The molecule has 2 aromatic carbocycles. The second-order valence-corrected chi connectivity index (χ2v) is 5.92. The van der Waals surface area contributed by atoms with Crippen LogP contribution < -0.4 is 10.6 Å². The Bertz CT molecular complexity index is 878. The first-order valence-electron chi connectivity index (χ1n) is 7.14. The number of anilines is 2. The molecule has 3 aromatic rings. The summed E-state index contributed by atoms with van der Waals surface area (Å²) in [6, 6.07) is 15.7. The van der Waals surface area contributed by atoms with Gasteiger partial charge in [0.05, 0.1) is 4.88 Å². The number of benzene rings is 2. The van der Waals surface area contributed by atoms with Crippen LogP contribution in [0.3, 0.4) is 0 Å². The molecule has 0 radical (unpaired) electrons. The summed E-state index contributed by atoms with van der Waals surface area (Å²) in [6.07, 6.45) is 0. The number of amides is 2. The Hall–Kier alpha value is -2.99. The highest BCUT2D eigenvalue weighted by Crippen LogP contribution is 2.18. The highest BCUT2D eigenvalue weighted by Gasteiger charge is 2.09. The standard InChI is InChI=1S/C18H13FN2O2S/c19-13-5-1-4-12(10-13)17(22)20-14-6-2-7-15(11-14)21-18(23)16-8-3-9-24-16/h1-11H,(H,20,22)(H,21,23). The largest absolute Gasteiger partial charge is 0.322 e. The van der Waals surface area contributed by atoms with E-state index in [9.17, 15) is 14.0 Å². The molecule has 0 spiro atoms. The van der Waals surface area contributed by atoms with Crippen LogP contribution >= 0.6 is 11.3 Å². The fraction of sp³-hybridized carbons (Fsp3) is 0. The fourth-order valence-electron chi connectivity index (χ4n) is 2.11. The van der Waals surface area contributed by atoms with Crippen molar-refractivity contribution in [1.82, 2.24) is 0 Å². The third kappa shape index (κ3) is 3.85. The number of hydrogen-bond acceptors (Lipinski definition) is 3. The fourth-order valence-corrected chi connectivity index (χ4v) is 2.73. The van der Waals surface area contributed by atoms with Gasteiger partial charge in [0.25, 0.3) is 11.8 Å². The van der Waals surface area contributed by atoms with Crippen molar-refractivity contribution in [3.63, 3.8) is 0 Å². The van der Waals surface area contributed by atoms with Gasteiger partial charge in [0.2, 0.25) is 0 Å². The Morgan fingerprint density at radius 1 is 0.833 bits per heavy atom. The van der Waals surface area contributed by atoms with Gasteiger partial charge in [-0.1, -0.05) is 18.2 Å². The topological polar surface area (TPSA) is 58.2 Å². The van der Waals surface area contributed by atoms with Crippen LogP contribution in [0.15, 0.2) is 66.0 Å². The van der Waals surface area contributed by atoms with Gasteiger partial charge >= 0.3 is 0 Å². The second-order valence-electron chi connectivity index (χ2n) is 4.98. The first-order chi connectivity index (χ1) is 11.6. The molecular formula is C18H13FN2O2S. The Morgan fingerprint density at radius 2 is 1.54 bits per heavy atom. The van der Waals surface area contributed by atoms with E-state index in [1.54, 1.807) is 36.4 Å². The van der Waals surface area contributed by atoms with Gasteiger partial charge in [-0.3, -0.25) is 9.59 Å². The van der Waals surface area contributed by atoms with Crippen LogP contribution in [0.2, 0.25) is 0 Å². The van der Waals surface area contributed by atoms with Gasteiger partial charge in [0, 0.05) is 16.9 Å². The predicted molar refractivity (Wildman–Crippen MR) is 93.1 cm³/mol. The first kappa shape index (κ1) is 15.9. The van der Waals surface area contributed by atoms with E-state index in [-0.39, 0.29) is 11.5 Å². The molecule has 0 saturated carbocycles. The molecule has 120 valence electrons. The zero-order valence-corrected chi connectivity index (χ0v) is 13.3. The molecule has 4 nitrogen and oxygen atoms in total. The van der Waals surface area contributed by atoms with Crippen LogP contribution in [0.5, 0.6) is 0 Å². The number of nitrogens with one attached hydrogen (secondary N) is 2. The van der Waals surface area contributed by atoms with Crippen molar-refractivity contribution >= 4 is 34.5 Å². The molecule has 0 aliphatic carbocycles. The lowest BCUT2D eigenvalue weighted by Gasteiger charge is -2.08. The predicted octanol–water partition coefficient (Wildman–Crippen LogP) is 4.39. The minimum atomic E-state index is -0.473. The van der Waals surface area contributed by atoms with Crippen LogP contribution in [-0.4, -0.2) is 11.8 Å². The summed E-state index contributed by atoms with van der Waals surface area (Å²) in [5.74, 6) is -1.10. The SMILES string of the molecule is O=C(Nc1cccc(NC(=O)c2cccs2)c1)c1cccc(F)c1. The quantitative estimate of drug-likeness (QED) is 0.740. The van der Waals surface area contributed by atoms with Gasteiger partial charge in [-0.25, -0.2) is 4.39 Å². The molecule has 0 bridgehead atoms. The molecular weight excluding hydrogens is 327 g/mol. The van der Waals surface area contributed by atoms with E-state index in [2.05, 4.69) is 10.6 Å². The normalized spacial score (nSPS) is 10.2. The van der Waals surface area contributed by atoms with Gasteiger partial charge in [0.15, 0.2) is 0 Å². The maximum atomic E-state index is 13.2. The zero-order valence-electron chi connectivity index (χ0n) is 12.5. The molecule has 1 heterocycles. The van der Waals surface area contributed by atoms with Gasteiger partial charge in [-0.15, -0.1) is 11.3 Å². The Morgan fingerprint density at radius 3 is 2.21 bits per heavy atom. The van der Waals surface area contributed by atoms with E-state index < -0.39 is 11.7 Å². The van der Waals surface area contributed by atoms with Crippen molar-refractivity contribution in [2.75, 3.05) is 10.6 Å². The Balaban J connectivity index is 1.71. The molecule has 1 aromatic heterocycles. The van der Waals surface area contributed by atoms with Crippen molar-refractivity contribution in [3.05, 3.63) is 82.3 Å². The highest BCUT2D eigenvalue weighted by atomic mass is 32.1. The van der Waals surface area contributed by atoms with Crippen molar-refractivity contribution in [3.8, 4) is 0 Å². The molecule has 6 heteroatoms. The van der Waals surface area contributed by atoms with E-state index in [4.69, 9.17) is 0 Å². The minimum Gasteiger partial charge on any atom is -0.322 e. The molecule has 3 rings (SSSR count). The number of thiophene rings is 1. The maximum Gasteiger partial charge on any atom is 0.265 e. The summed E-state index contributed by atoms with van der Waals surface area (Å²) in [5.41, 5.74) is 1.29.